The molecular formula is C21H25N3O5S. The largest absolute Gasteiger partial charge is 0.497 e. The number of sulfonamides is 1. The molecule has 0 spiro atoms. The maximum atomic E-state index is 12.8. The number of carbonyl (C=O) groups is 1. The highest BCUT2D eigenvalue weighted by Crippen LogP contribution is 2.34. The highest BCUT2D eigenvalue weighted by atomic mass is 32.2. The fraction of sp³-hybridized carbons (Fsp3) is 0.333. The molecule has 9 heteroatoms. The van der Waals surface area contributed by atoms with Crippen molar-refractivity contribution in [1.29, 1.82) is 0 Å². The van der Waals surface area contributed by atoms with Crippen molar-refractivity contribution in [1.82, 2.24) is 0 Å². The molecule has 0 radical (unpaired) electrons. The van der Waals surface area contributed by atoms with Gasteiger partial charge in [-0.3, -0.25) is 4.79 Å². The van der Waals surface area contributed by atoms with Crippen LogP contribution < -0.4 is 19.7 Å². The minimum absolute atomic E-state index is 0.0226. The predicted octanol–water partition coefficient (Wildman–Crippen LogP) is 3.68. The summed E-state index contributed by atoms with van der Waals surface area (Å²) in [6.07, 6.45) is 1.86. The molecule has 1 amide bonds. The minimum atomic E-state index is -3.88. The van der Waals surface area contributed by atoms with Crippen molar-refractivity contribution >= 4 is 33.1 Å². The first kappa shape index (κ1) is 21.6. The fourth-order valence-corrected chi connectivity index (χ4v) is 4.50. The van der Waals surface area contributed by atoms with E-state index in [1.165, 1.54) is 20.3 Å². The second kappa shape index (κ2) is 8.74. The van der Waals surface area contributed by atoms with Crippen LogP contribution in [0.2, 0.25) is 0 Å². The number of amidine groups is 1. The van der Waals surface area contributed by atoms with E-state index >= 15 is 0 Å². The summed E-state index contributed by atoms with van der Waals surface area (Å²) in [5, 5.41) is 2.75. The third kappa shape index (κ3) is 4.25. The van der Waals surface area contributed by atoms with Crippen LogP contribution in [0.5, 0.6) is 11.5 Å². The van der Waals surface area contributed by atoms with E-state index in [9.17, 15) is 13.2 Å². The fourth-order valence-electron chi connectivity index (χ4n) is 3.24. The number of hydrogen-bond acceptors (Lipinski definition) is 6. The zero-order valence-corrected chi connectivity index (χ0v) is 18.2. The van der Waals surface area contributed by atoms with E-state index in [1.54, 1.807) is 37.3 Å². The molecule has 3 rings (SSSR count). The van der Waals surface area contributed by atoms with Crippen LogP contribution >= 0.6 is 0 Å². The molecule has 8 nitrogen and oxygen atoms in total. The summed E-state index contributed by atoms with van der Waals surface area (Å²) < 4.78 is 39.6. The molecule has 0 unspecified atom stereocenters. The van der Waals surface area contributed by atoms with Crippen LogP contribution in [0.4, 0.5) is 11.4 Å². The van der Waals surface area contributed by atoms with E-state index < -0.39 is 15.9 Å². The predicted molar refractivity (Wildman–Crippen MR) is 116 cm³/mol. The Morgan fingerprint density at radius 2 is 1.90 bits per heavy atom. The molecule has 30 heavy (non-hydrogen) atoms. The van der Waals surface area contributed by atoms with E-state index in [2.05, 4.69) is 16.6 Å². The topological polar surface area (TPSA) is 97.3 Å². The SMILES string of the molecule is CCCCN1C(C)=NS(=O)(=O)c2cc(C(=O)Nc3cc(OC)ccc3OC)ccc21. The molecule has 1 aliphatic rings. The Labute approximate surface area is 176 Å². The number of carbonyl (C=O) groups excluding carboxylic acids is 1. The second-order valence-corrected chi connectivity index (χ2v) is 8.39. The molecule has 1 aliphatic heterocycles. The van der Waals surface area contributed by atoms with Crippen LogP contribution in [-0.4, -0.2) is 40.9 Å². The van der Waals surface area contributed by atoms with Gasteiger partial charge in [-0.1, -0.05) is 13.3 Å². The van der Waals surface area contributed by atoms with Crippen molar-refractivity contribution in [3.63, 3.8) is 0 Å². The van der Waals surface area contributed by atoms with Gasteiger partial charge < -0.3 is 19.7 Å². The van der Waals surface area contributed by atoms with Gasteiger partial charge in [0.1, 0.15) is 22.2 Å². The Morgan fingerprint density at radius 3 is 2.57 bits per heavy atom. The van der Waals surface area contributed by atoms with Crippen molar-refractivity contribution in [2.75, 3.05) is 31.0 Å². The molecule has 0 saturated carbocycles. The molecule has 0 fully saturated rings. The van der Waals surface area contributed by atoms with Crippen LogP contribution in [0.3, 0.4) is 0 Å². The quantitative estimate of drug-likeness (QED) is 0.718. The highest BCUT2D eigenvalue weighted by Gasteiger charge is 2.29. The van der Waals surface area contributed by atoms with Gasteiger partial charge in [-0.15, -0.1) is 4.40 Å². The van der Waals surface area contributed by atoms with Crippen molar-refractivity contribution < 1.29 is 22.7 Å². The Kier molecular flexibility index (Phi) is 6.31. The maximum Gasteiger partial charge on any atom is 0.286 e. The van der Waals surface area contributed by atoms with Gasteiger partial charge in [-0.05, 0) is 43.7 Å². The number of anilines is 2. The molecule has 0 saturated heterocycles. The maximum absolute atomic E-state index is 12.8. The summed E-state index contributed by atoms with van der Waals surface area (Å²) >= 11 is 0. The summed E-state index contributed by atoms with van der Waals surface area (Å²) in [5.41, 5.74) is 1.15. The molecule has 0 aliphatic carbocycles. The number of ether oxygens (including phenoxy) is 2. The second-order valence-electron chi connectivity index (χ2n) is 6.82. The monoisotopic (exact) mass is 431 g/mol. The molecule has 1 heterocycles. The average molecular weight is 432 g/mol. The Morgan fingerprint density at radius 1 is 1.13 bits per heavy atom. The van der Waals surface area contributed by atoms with E-state index in [0.29, 0.717) is 35.3 Å². The zero-order valence-electron chi connectivity index (χ0n) is 17.4. The Bertz CT molecular complexity index is 1100. The summed E-state index contributed by atoms with van der Waals surface area (Å²) in [6.45, 7) is 4.39. The van der Waals surface area contributed by atoms with Gasteiger partial charge in [0.05, 0.1) is 25.6 Å². The molecule has 0 atom stereocenters. The number of nitrogens with zero attached hydrogens (tertiary/aromatic N) is 2. The van der Waals surface area contributed by atoms with Crippen LogP contribution in [0.25, 0.3) is 0 Å². The Balaban J connectivity index is 1.96. The van der Waals surface area contributed by atoms with Crippen molar-refractivity contribution in [3.05, 3.63) is 42.0 Å². The lowest BCUT2D eigenvalue weighted by molar-refractivity contribution is 0.102. The highest BCUT2D eigenvalue weighted by molar-refractivity contribution is 7.90. The average Bonchev–Trinajstić information content (AvgIpc) is 2.72. The van der Waals surface area contributed by atoms with Crippen LogP contribution in [0.1, 0.15) is 37.0 Å². The molecule has 2 aromatic carbocycles. The smallest absolute Gasteiger partial charge is 0.286 e. The van der Waals surface area contributed by atoms with Gasteiger partial charge in [0, 0.05) is 18.2 Å². The number of benzene rings is 2. The lowest BCUT2D eigenvalue weighted by Gasteiger charge is -2.29. The Hall–Kier alpha value is -3.07. The number of unbranched alkanes of at least 4 members (excludes halogenated alkanes) is 1. The lowest BCUT2D eigenvalue weighted by Crippen LogP contribution is -2.34. The van der Waals surface area contributed by atoms with Gasteiger partial charge in [0.15, 0.2) is 0 Å². The van der Waals surface area contributed by atoms with Crippen molar-refractivity contribution in [2.24, 2.45) is 4.40 Å². The summed E-state index contributed by atoms with van der Waals surface area (Å²) in [5.74, 6) is 0.969. The van der Waals surface area contributed by atoms with E-state index in [0.717, 1.165) is 12.8 Å². The number of nitrogens with one attached hydrogen (secondary N) is 1. The first-order valence-electron chi connectivity index (χ1n) is 9.57. The summed E-state index contributed by atoms with van der Waals surface area (Å²) in [7, 11) is -0.863. The van der Waals surface area contributed by atoms with Gasteiger partial charge >= 0.3 is 0 Å². The normalized spacial score (nSPS) is 14.5. The van der Waals surface area contributed by atoms with Gasteiger partial charge in [-0.25, -0.2) is 0 Å². The van der Waals surface area contributed by atoms with Gasteiger partial charge in [0.25, 0.3) is 15.9 Å². The standard InChI is InChI=1S/C21H25N3O5S/c1-5-6-11-24-14(2)23-30(26,27)20-12-15(7-9-18(20)24)21(25)22-17-13-16(28-3)8-10-19(17)29-4/h7-10,12-13H,5-6,11H2,1-4H3,(H,22,25). The van der Waals surface area contributed by atoms with E-state index in [-0.39, 0.29) is 10.5 Å². The number of hydrogen-bond donors (Lipinski definition) is 1. The first-order valence-corrected chi connectivity index (χ1v) is 11.0. The molecule has 0 bridgehead atoms. The van der Waals surface area contributed by atoms with Crippen LogP contribution in [0.15, 0.2) is 45.7 Å². The molecule has 1 N–H and O–H groups in total. The zero-order chi connectivity index (χ0) is 21.9. The third-order valence-corrected chi connectivity index (χ3v) is 6.21. The van der Waals surface area contributed by atoms with E-state index in [4.69, 9.17) is 9.47 Å². The van der Waals surface area contributed by atoms with E-state index in [1.807, 2.05) is 4.90 Å². The number of amides is 1. The number of rotatable bonds is 7. The minimum Gasteiger partial charge on any atom is -0.497 e. The number of fused-ring (bicyclic) bond motifs is 1. The molecule has 160 valence electrons. The van der Waals surface area contributed by atoms with Crippen LogP contribution in [-0.2, 0) is 10.0 Å². The van der Waals surface area contributed by atoms with Crippen molar-refractivity contribution in [2.45, 2.75) is 31.6 Å². The number of methoxy groups -OCH3 is 2. The third-order valence-electron chi connectivity index (χ3n) is 4.82. The molecular weight excluding hydrogens is 406 g/mol. The van der Waals surface area contributed by atoms with Gasteiger partial charge in [-0.2, -0.15) is 8.42 Å². The lowest BCUT2D eigenvalue weighted by atomic mass is 10.1. The molecule has 2 aromatic rings. The summed E-state index contributed by atoms with van der Waals surface area (Å²) in [4.78, 5) is 14.7. The first-order chi connectivity index (χ1) is 14.3. The summed E-state index contributed by atoms with van der Waals surface area (Å²) in [6, 6.07) is 9.64. The van der Waals surface area contributed by atoms with Crippen LogP contribution in [0, 0.1) is 0 Å². The van der Waals surface area contributed by atoms with Crippen molar-refractivity contribution in [3.8, 4) is 11.5 Å². The van der Waals surface area contributed by atoms with Gasteiger partial charge in [0.2, 0.25) is 0 Å². The molecule has 0 aromatic heterocycles.